The third-order valence-electron chi connectivity index (χ3n) is 5.48. The number of rotatable bonds is 10. The third kappa shape index (κ3) is 4.69. The van der Waals surface area contributed by atoms with Crippen molar-refractivity contribution in [1.29, 1.82) is 0 Å². The predicted molar refractivity (Wildman–Crippen MR) is 105 cm³/mol. The molecule has 0 spiro atoms. The molecule has 1 fully saturated rings. The van der Waals surface area contributed by atoms with E-state index in [4.69, 9.17) is 0 Å². The number of hydrogen-bond acceptors (Lipinski definition) is 3. The summed E-state index contributed by atoms with van der Waals surface area (Å²) >= 11 is 0. The molecule has 1 aliphatic heterocycles. The molecular formula is C21H30FN3O3. The maximum absolute atomic E-state index is 13.2. The molecule has 6 nitrogen and oxygen atoms in total. The highest BCUT2D eigenvalue weighted by Gasteiger charge is 2.51. The van der Waals surface area contributed by atoms with Crippen molar-refractivity contribution in [3.05, 3.63) is 35.6 Å². The van der Waals surface area contributed by atoms with Gasteiger partial charge in [0.05, 0.1) is 0 Å². The first-order valence-electron chi connectivity index (χ1n) is 10.0. The molecule has 0 aromatic heterocycles. The van der Waals surface area contributed by atoms with Gasteiger partial charge in [0.15, 0.2) is 0 Å². The van der Waals surface area contributed by atoms with Crippen LogP contribution in [0.15, 0.2) is 24.3 Å². The van der Waals surface area contributed by atoms with Gasteiger partial charge < -0.3 is 10.6 Å². The summed E-state index contributed by atoms with van der Waals surface area (Å²) in [7, 11) is 0. The number of halogens is 1. The van der Waals surface area contributed by atoms with Crippen molar-refractivity contribution in [1.82, 2.24) is 15.5 Å². The molecule has 1 aromatic carbocycles. The fourth-order valence-electron chi connectivity index (χ4n) is 3.54. The summed E-state index contributed by atoms with van der Waals surface area (Å²) in [6, 6.07) is 4.87. The molecule has 154 valence electrons. The average molecular weight is 391 g/mol. The molecule has 0 saturated carbocycles. The standard InChI is InChI=1S/C21H30FN3O3/c1-4-7-8-15(5-2)13-23-18(26)14-25-19(27)21(6-3,24-20(25)28)16-9-11-17(22)12-10-16/h9-12,15H,4-8,13-14H2,1-3H3,(H,23,26)(H,24,28)/t15-,21-/m0/s1. The maximum Gasteiger partial charge on any atom is 0.325 e. The first-order valence-corrected chi connectivity index (χ1v) is 10.0. The topological polar surface area (TPSA) is 78.5 Å². The molecule has 0 unspecified atom stereocenters. The van der Waals surface area contributed by atoms with Crippen molar-refractivity contribution in [2.24, 2.45) is 5.92 Å². The van der Waals surface area contributed by atoms with Gasteiger partial charge in [0.1, 0.15) is 17.9 Å². The minimum atomic E-state index is -1.27. The summed E-state index contributed by atoms with van der Waals surface area (Å²) in [6.07, 6.45) is 4.52. The van der Waals surface area contributed by atoms with E-state index in [1.54, 1.807) is 6.92 Å². The number of unbranched alkanes of at least 4 members (excludes halogenated alkanes) is 1. The molecule has 28 heavy (non-hydrogen) atoms. The lowest BCUT2D eigenvalue weighted by Gasteiger charge is -2.25. The quantitative estimate of drug-likeness (QED) is 0.601. The first-order chi connectivity index (χ1) is 13.4. The minimum absolute atomic E-state index is 0.302. The number of amides is 4. The highest BCUT2D eigenvalue weighted by Crippen LogP contribution is 2.32. The molecule has 4 amide bonds. The van der Waals surface area contributed by atoms with Crippen molar-refractivity contribution in [2.75, 3.05) is 13.1 Å². The van der Waals surface area contributed by atoms with Gasteiger partial charge in [-0.3, -0.25) is 14.5 Å². The second kappa shape index (κ2) is 9.66. The van der Waals surface area contributed by atoms with Gasteiger partial charge in [-0.05, 0) is 36.5 Å². The summed E-state index contributed by atoms with van der Waals surface area (Å²) in [4.78, 5) is 38.7. The Balaban J connectivity index is 2.04. The Labute approximate surface area is 165 Å². The van der Waals surface area contributed by atoms with Crippen molar-refractivity contribution in [3.63, 3.8) is 0 Å². The van der Waals surface area contributed by atoms with E-state index in [0.717, 1.165) is 30.6 Å². The summed E-state index contributed by atoms with van der Waals surface area (Å²) in [5, 5.41) is 5.54. The lowest BCUT2D eigenvalue weighted by molar-refractivity contribution is -0.135. The highest BCUT2D eigenvalue weighted by atomic mass is 19.1. The zero-order valence-electron chi connectivity index (χ0n) is 16.9. The molecule has 1 saturated heterocycles. The van der Waals surface area contributed by atoms with Crippen LogP contribution in [-0.2, 0) is 15.1 Å². The van der Waals surface area contributed by atoms with Crippen LogP contribution in [0.5, 0.6) is 0 Å². The fourth-order valence-corrected chi connectivity index (χ4v) is 3.54. The van der Waals surface area contributed by atoms with Crippen LogP contribution in [0.1, 0.15) is 58.4 Å². The number of hydrogen-bond donors (Lipinski definition) is 2. The molecule has 2 N–H and O–H groups in total. The summed E-state index contributed by atoms with van der Waals surface area (Å²) in [5.41, 5.74) is -0.763. The molecule has 1 aliphatic rings. The fraction of sp³-hybridized carbons (Fsp3) is 0.571. The second-order valence-electron chi connectivity index (χ2n) is 7.31. The lowest BCUT2D eigenvalue weighted by Crippen LogP contribution is -2.45. The molecule has 0 bridgehead atoms. The van der Waals surface area contributed by atoms with Gasteiger partial charge >= 0.3 is 6.03 Å². The van der Waals surface area contributed by atoms with Crippen molar-refractivity contribution >= 4 is 17.8 Å². The second-order valence-corrected chi connectivity index (χ2v) is 7.31. The molecule has 1 aromatic rings. The van der Waals surface area contributed by atoms with E-state index in [1.165, 1.54) is 24.3 Å². The van der Waals surface area contributed by atoms with Crippen LogP contribution in [0.4, 0.5) is 9.18 Å². The van der Waals surface area contributed by atoms with E-state index < -0.39 is 23.3 Å². The molecular weight excluding hydrogens is 361 g/mol. The van der Waals surface area contributed by atoms with Crippen LogP contribution in [0.2, 0.25) is 0 Å². The van der Waals surface area contributed by atoms with E-state index in [9.17, 15) is 18.8 Å². The smallest absolute Gasteiger partial charge is 0.325 e. The van der Waals surface area contributed by atoms with Gasteiger partial charge in [0.2, 0.25) is 5.91 Å². The number of urea groups is 1. The highest BCUT2D eigenvalue weighted by molar-refractivity contribution is 6.09. The average Bonchev–Trinajstić information content (AvgIpc) is 2.93. The van der Waals surface area contributed by atoms with Crippen molar-refractivity contribution in [2.45, 2.75) is 58.4 Å². The number of benzene rings is 1. The van der Waals surface area contributed by atoms with E-state index in [1.807, 2.05) is 0 Å². The molecule has 0 aliphatic carbocycles. The molecule has 2 atom stereocenters. The van der Waals surface area contributed by atoms with E-state index in [2.05, 4.69) is 24.5 Å². The van der Waals surface area contributed by atoms with E-state index >= 15 is 0 Å². The van der Waals surface area contributed by atoms with E-state index in [-0.39, 0.29) is 12.5 Å². The molecule has 1 heterocycles. The monoisotopic (exact) mass is 391 g/mol. The Morgan fingerprint density at radius 2 is 1.89 bits per heavy atom. The Morgan fingerprint density at radius 3 is 2.46 bits per heavy atom. The Morgan fingerprint density at radius 1 is 1.21 bits per heavy atom. The van der Waals surface area contributed by atoms with Gasteiger partial charge in [-0.2, -0.15) is 0 Å². The van der Waals surface area contributed by atoms with Gasteiger partial charge in [-0.15, -0.1) is 0 Å². The van der Waals surface area contributed by atoms with E-state index in [0.29, 0.717) is 24.4 Å². The molecule has 2 rings (SSSR count). The largest absolute Gasteiger partial charge is 0.354 e. The van der Waals surface area contributed by atoms with Gasteiger partial charge in [0.25, 0.3) is 5.91 Å². The third-order valence-corrected chi connectivity index (χ3v) is 5.48. The van der Waals surface area contributed by atoms with Crippen LogP contribution in [-0.4, -0.2) is 35.8 Å². The number of carbonyl (C=O) groups is 3. The Bertz CT molecular complexity index is 707. The van der Waals surface area contributed by atoms with Gasteiger partial charge in [0, 0.05) is 6.54 Å². The number of carbonyl (C=O) groups excluding carboxylic acids is 3. The van der Waals surface area contributed by atoms with Crippen LogP contribution in [0.3, 0.4) is 0 Å². The summed E-state index contributed by atoms with van der Waals surface area (Å²) < 4.78 is 13.2. The van der Waals surface area contributed by atoms with Gasteiger partial charge in [-0.1, -0.05) is 52.2 Å². The van der Waals surface area contributed by atoms with Crippen LogP contribution in [0, 0.1) is 11.7 Å². The Hall–Kier alpha value is -2.44. The SMILES string of the molecule is CCCC[C@H](CC)CNC(=O)CN1C(=O)N[C@@](CC)(c2ccc(F)cc2)C1=O. The van der Waals surface area contributed by atoms with Crippen LogP contribution in [0.25, 0.3) is 0 Å². The molecule has 0 radical (unpaired) electrons. The summed E-state index contributed by atoms with van der Waals surface area (Å²) in [5.74, 6) is -0.873. The number of nitrogens with zero attached hydrogens (tertiary/aromatic N) is 1. The Kier molecular flexibility index (Phi) is 7.54. The first kappa shape index (κ1) is 21.9. The normalized spacial score (nSPS) is 20.2. The predicted octanol–water partition coefficient (Wildman–Crippen LogP) is 3.32. The lowest BCUT2D eigenvalue weighted by atomic mass is 9.87. The van der Waals surface area contributed by atoms with Crippen LogP contribution < -0.4 is 10.6 Å². The zero-order chi connectivity index (χ0) is 20.7. The maximum atomic E-state index is 13.2. The van der Waals surface area contributed by atoms with Gasteiger partial charge in [-0.25, -0.2) is 9.18 Å². The molecule has 7 heteroatoms. The van der Waals surface area contributed by atoms with Crippen molar-refractivity contribution in [3.8, 4) is 0 Å². The zero-order valence-corrected chi connectivity index (χ0v) is 16.9. The minimum Gasteiger partial charge on any atom is -0.354 e. The summed E-state index contributed by atoms with van der Waals surface area (Å²) in [6.45, 7) is 6.20. The number of nitrogens with one attached hydrogen (secondary N) is 2. The van der Waals surface area contributed by atoms with Crippen LogP contribution >= 0.6 is 0 Å². The number of imide groups is 1. The van der Waals surface area contributed by atoms with Crippen molar-refractivity contribution < 1.29 is 18.8 Å².